The van der Waals surface area contributed by atoms with Crippen molar-refractivity contribution in [2.75, 3.05) is 13.4 Å². The molecule has 0 N–H and O–H groups in total. The number of carbonyl (C=O) groups is 1. The maximum Gasteiger partial charge on any atom is 0.338 e. The van der Waals surface area contributed by atoms with Gasteiger partial charge in [0.1, 0.15) is 6.67 Å². The fraction of sp³-hybridized carbons (Fsp3) is 0.200. The van der Waals surface area contributed by atoms with Crippen LogP contribution >= 0.6 is 0 Å². The molecule has 0 saturated carbocycles. The Hall–Kier alpha value is -2.28. The summed E-state index contributed by atoms with van der Waals surface area (Å²) in [6.07, 6.45) is 4.05. The van der Waals surface area contributed by atoms with E-state index >= 15 is 0 Å². The van der Waals surface area contributed by atoms with E-state index in [1.807, 2.05) is 0 Å². The van der Waals surface area contributed by atoms with Crippen LogP contribution in [0.25, 0.3) is 11.1 Å². The average molecular weight is 323 g/mol. The Morgan fingerprint density at radius 3 is 2.59 bits per heavy atom. The van der Waals surface area contributed by atoms with Crippen molar-refractivity contribution in [3.63, 3.8) is 0 Å². The normalized spacial score (nSPS) is 11.2. The lowest BCUT2D eigenvalue weighted by atomic mass is 10.0. The van der Waals surface area contributed by atoms with E-state index in [0.29, 0.717) is 11.1 Å². The number of rotatable bonds is 4. The second kappa shape index (κ2) is 6.23. The van der Waals surface area contributed by atoms with E-state index in [-0.39, 0.29) is 16.0 Å². The Labute approximate surface area is 127 Å². The van der Waals surface area contributed by atoms with Crippen molar-refractivity contribution in [3.8, 4) is 11.1 Å². The first-order valence-corrected chi connectivity index (χ1v) is 8.19. The number of esters is 1. The fourth-order valence-corrected chi connectivity index (χ4v) is 3.00. The van der Waals surface area contributed by atoms with Gasteiger partial charge in [0, 0.05) is 29.8 Å². The maximum atomic E-state index is 13.2. The molecule has 7 heteroatoms. The first-order valence-electron chi connectivity index (χ1n) is 6.30. The highest BCUT2D eigenvalue weighted by atomic mass is 32.2. The smallest absolute Gasteiger partial charge is 0.338 e. The van der Waals surface area contributed by atoms with Crippen LogP contribution in [0.15, 0.2) is 41.6 Å². The van der Waals surface area contributed by atoms with Gasteiger partial charge in [0.25, 0.3) is 0 Å². The van der Waals surface area contributed by atoms with Gasteiger partial charge in [-0.3, -0.25) is 4.98 Å². The number of methoxy groups -OCH3 is 1. The number of ether oxygens (including phenoxy) is 1. The fourth-order valence-electron chi connectivity index (χ4n) is 2.09. The van der Waals surface area contributed by atoms with Gasteiger partial charge >= 0.3 is 5.97 Å². The van der Waals surface area contributed by atoms with Crippen molar-refractivity contribution in [1.82, 2.24) is 4.98 Å². The highest BCUT2D eigenvalue weighted by molar-refractivity contribution is 7.90. The van der Waals surface area contributed by atoms with Crippen molar-refractivity contribution in [3.05, 3.63) is 47.8 Å². The van der Waals surface area contributed by atoms with Crippen LogP contribution in [-0.4, -0.2) is 32.7 Å². The summed E-state index contributed by atoms with van der Waals surface area (Å²) in [5.74, 6) is -0.782. The molecule has 0 spiro atoms. The number of nitrogens with zero attached hydrogens (tertiary/aromatic N) is 1. The largest absolute Gasteiger partial charge is 0.465 e. The van der Waals surface area contributed by atoms with Crippen LogP contribution < -0.4 is 0 Å². The van der Waals surface area contributed by atoms with Gasteiger partial charge in [0.15, 0.2) is 9.84 Å². The van der Waals surface area contributed by atoms with Gasteiger partial charge in [0.05, 0.1) is 17.6 Å². The Bertz CT molecular complexity index is 804. The Morgan fingerprint density at radius 1 is 1.36 bits per heavy atom. The monoisotopic (exact) mass is 323 g/mol. The summed E-state index contributed by atoms with van der Waals surface area (Å²) in [6, 6.07) is 5.81. The molecule has 22 heavy (non-hydrogen) atoms. The van der Waals surface area contributed by atoms with E-state index in [1.54, 1.807) is 18.3 Å². The number of halogens is 1. The van der Waals surface area contributed by atoms with Crippen molar-refractivity contribution < 1.29 is 22.3 Å². The van der Waals surface area contributed by atoms with Crippen LogP contribution in [0.4, 0.5) is 4.39 Å². The summed E-state index contributed by atoms with van der Waals surface area (Å²) in [7, 11) is -2.48. The molecule has 0 atom stereocenters. The summed E-state index contributed by atoms with van der Waals surface area (Å²) in [4.78, 5) is 15.6. The molecular weight excluding hydrogens is 309 g/mol. The molecule has 0 aliphatic rings. The van der Waals surface area contributed by atoms with Crippen LogP contribution in [0.5, 0.6) is 0 Å². The Morgan fingerprint density at radius 2 is 2.09 bits per heavy atom. The number of carbonyl (C=O) groups excluding carboxylic acids is 1. The van der Waals surface area contributed by atoms with Crippen molar-refractivity contribution in [2.24, 2.45) is 0 Å². The molecule has 2 aromatic rings. The number of benzene rings is 1. The van der Waals surface area contributed by atoms with E-state index < -0.39 is 22.5 Å². The zero-order valence-corrected chi connectivity index (χ0v) is 12.9. The molecule has 2 rings (SSSR count). The zero-order chi connectivity index (χ0) is 16.3. The molecule has 0 unspecified atom stereocenters. The maximum absolute atomic E-state index is 13.2. The number of hydrogen-bond donors (Lipinski definition) is 0. The van der Waals surface area contributed by atoms with Gasteiger partial charge in [-0.1, -0.05) is 6.07 Å². The quantitative estimate of drug-likeness (QED) is 0.808. The highest BCUT2D eigenvalue weighted by Gasteiger charge is 2.22. The topological polar surface area (TPSA) is 73.3 Å². The molecule has 0 aliphatic carbocycles. The number of alkyl halides is 1. The zero-order valence-electron chi connectivity index (χ0n) is 12.0. The lowest BCUT2D eigenvalue weighted by Crippen LogP contribution is -2.09. The molecule has 5 nitrogen and oxygen atoms in total. The first-order chi connectivity index (χ1) is 10.4. The van der Waals surface area contributed by atoms with Crippen LogP contribution in [-0.2, 0) is 21.2 Å². The minimum Gasteiger partial charge on any atom is -0.465 e. The number of pyridine rings is 1. The molecule has 116 valence electrons. The molecule has 1 aromatic carbocycles. The summed E-state index contributed by atoms with van der Waals surface area (Å²) in [5.41, 5.74) is 0.793. The number of sulfone groups is 1. The lowest BCUT2D eigenvalue weighted by molar-refractivity contribution is 0.0598. The number of hydrogen-bond acceptors (Lipinski definition) is 5. The van der Waals surface area contributed by atoms with Crippen LogP contribution in [0.3, 0.4) is 0 Å². The number of aromatic nitrogens is 1. The molecule has 0 fully saturated rings. The Kier molecular flexibility index (Phi) is 4.56. The van der Waals surface area contributed by atoms with Crippen molar-refractivity contribution >= 4 is 15.8 Å². The standard InChI is InChI=1S/C15H14FNO4S/c1-21-15(18)13-7-14(22(2,19)20)12(6-11(13)8-16)10-4-3-5-17-9-10/h3-7,9H,8H2,1-2H3. The van der Waals surface area contributed by atoms with E-state index in [0.717, 1.165) is 19.4 Å². The molecule has 1 aromatic heterocycles. The minimum absolute atomic E-state index is 0.0677. The molecule has 0 radical (unpaired) electrons. The minimum atomic E-state index is -3.63. The summed E-state index contributed by atoms with van der Waals surface area (Å²) < 4.78 is 41.9. The van der Waals surface area contributed by atoms with Crippen LogP contribution in [0.2, 0.25) is 0 Å². The van der Waals surface area contributed by atoms with Gasteiger partial charge in [-0.05, 0) is 23.8 Å². The van der Waals surface area contributed by atoms with Gasteiger partial charge in [-0.25, -0.2) is 17.6 Å². The van der Waals surface area contributed by atoms with Crippen molar-refractivity contribution in [2.45, 2.75) is 11.6 Å². The van der Waals surface area contributed by atoms with E-state index in [9.17, 15) is 17.6 Å². The molecule has 0 bridgehead atoms. The molecule has 0 amide bonds. The second-order valence-corrected chi connectivity index (χ2v) is 6.63. The van der Waals surface area contributed by atoms with E-state index in [4.69, 9.17) is 0 Å². The summed E-state index contributed by atoms with van der Waals surface area (Å²) in [5, 5.41) is 0. The van der Waals surface area contributed by atoms with E-state index in [2.05, 4.69) is 9.72 Å². The average Bonchev–Trinajstić information content (AvgIpc) is 2.52. The van der Waals surface area contributed by atoms with Crippen molar-refractivity contribution in [1.29, 1.82) is 0 Å². The van der Waals surface area contributed by atoms with Gasteiger partial charge < -0.3 is 4.74 Å². The molecule has 0 aliphatic heterocycles. The Balaban J connectivity index is 2.81. The van der Waals surface area contributed by atoms with Gasteiger partial charge in [-0.15, -0.1) is 0 Å². The predicted molar refractivity (Wildman–Crippen MR) is 78.9 cm³/mol. The highest BCUT2D eigenvalue weighted by Crippen LogP contribution is 2.31. The van der Waals surface area contributed by atoms with Gasteiger partial charge in [0.2, 0.25) is 0 Å². The third kappa shape index (κ3) is 3.14. The summed E-state index contributed by atoms with van der Waals surface area (Å²) >= 11 is 0. The van der Waals surface area contributed by atoms with Crippen LogP contribution in [0, 0.1) is 0 Å². The third-order valence-electron chi connectivity index (χ3n) is 3.13. The van der Waals surface area contributed by atoms with Crippen LogP contribution in [0.1, 0.15) is 15.9 Å². The van der Waals surface area contributed by atoms with E-state index in [1.165, 1.54) is 12.3 Å². The second-order valence-electron chi connectivity index (χ2n) is 4.64. The van der Waals surface area contributed by atoms with Gasteiger partial charge in [-0.2, -0.15) is 0 Å². The predicted octanol–water partition coefficient (Wildman–Crippen LogP) is 2.41. The summed E-state index contributed by atoms with van der Waals surface area (Å²) in [6.45, 7) is -0.915. The molecular formula is C15H14FNO4S. The lowest BCUT2D eigenvalue weighted by Gasteiger charge is -2.13. The first kappa shape index (κ1) is 16.1. The SMILES string of the molecule is COC(=O)c1cc(S(C)(=O)=O)c(-c2cccnc2)cc1CF. The molecule has 0 saturated heterocycles. The molecule has 1 heterocycles. The third-order valence-corrected chi connectivity index (χ3v) is 4.26.